The van der Waals surface area contributed by atoms with Gasteiger partial charge in [0.25, 0.3) is 0 Å². The monoisotopic (exact) mass is 203 g/mol. The van der Waals surface area contributed by atoms with Gasteiger partial charge in [-0.25, -0.2) is 0 Å². The molecule has 0 aliphatic heterocycles. The molecule has 0 amide bonds. The SMILES string of the molecule is Cc1ccc(C)c(C(C)NC2CC2C)c1. The average Bonchev–Trinajstić information content (AvgIpc) is 2.86. The first-order valence-electron chi connectivity index (χ1n) is 5.91. The van der Waals surface area contributed by atoms with Gasteiger partial charge in [-0.3, -0.25) is 0 Å². The lowest BCUT2D eigenvalue weighted by molar-refractivity contribution is 0.549. The van der Waals surface area contributed by atoms with Crippen LogP contribution in [0.5, 0.6) is 0 Å². The van der Waals surface area contributed by atoms with Crippen LogP contribution in [0.25, 0.3) is 0 Å². The molecule has 1 heteroatoms. The van der Waals surface area contributed by atoms with E-state index in [1.165, 1.54) is 23.1 Å². The summed E-state index contributed by atoms with van der Waals surface area (Å²) in [7, 11) is 0. The van der Waals surface area contributed by atoms with Crippen LogP contribution in [0.3, 0.4) is 0 Å². The van der Waals surface area contributed by atoms with Crippen LogP contribution in [0.2, 0.25) is 0 Å². The minimum atomic E-state index is 0.486. The Kier molecular flexibility index (Phi) is 2.83. The molecule has 1 aromatic carbocycles. The number of benzene rings is 1. The molecule has 0 aromatic heterocycles. The lowest BCUT2D eigenvalue weighted by Crippen LogP contribution is -2.22. The maximum atomic E-state index is 3.69. The Morgan fingerprint density at radius 1 is 1.33 bits per heavy atom. The van der Waals surface area contributed by atoms with Gasteiger partial charge in [0.15, 0.2) is 0 Å². The van der Waals surface area contributed by atoms with E-state index in [0.717, 1.165) is 12.0 Å². The molecule has 0 heterocycles. The second-order valence-electron chi connectivity index (χ2n) is 5.07. The van der Waals surface area contributed by atoms with Crippen molar-refractivity contribution in [1.29, 1.82) is 0 Å². The summed E-state index contributed by atoms with van der Waals surface area (Å²) in [5.41, 5.74) is 4.20. The molecule has 0 spiro atoms. The average molecular weight is 203 g/mol. The quantitative estimate of drug-likeness (QED) is 0.794. The second kappa shape index (κ2) is 3.97. The standard InChI is InChI=1S/C14H21N/c1-9-5-6-10(2)13(7-9)12(4)15-14-8-11(14)3/h5-7,11-12,14-15H,8H2,1-4H3. The van der Waals surface area contributed by atoms with E-state index in [1.54, 1.807) is 0 Å². The van der Waals surface area contributed by atoms with Crippen molar-refractivity contribution in [2.24, 2.45) is 5.92 Å². The Labute approximate surface area is 92.9 Å². The van der Waals surface area contributed by atoms with Gasteiger partial charge < -0.3 is 5.32 Å². The van der Waals surface area contributed by atoms with Gasteiger partial charge in [-0.1, -0.05) is 30.7 Å². The molecule has 3 unspecified atom stereocenters. The van der Waals surface area contributed by atoms with Crippen molar-refractivity contribution < 1.29 is 0 Å². The number of nitrogens with one attached hydrogen (secondary N) is 1. The molecule has 1 N–H and O–H groups in total. The lowest BCUT2D eigenvalue weighted by Gasteiger charge is -2.17. The fraction of sp³-hybridized carbons (Fsp3) is 0.571. The summed E-state index contributed by atoms with van der Waals surface area (Å²) in [4.78, 5) is 0. The van der Waals surface area contributed by atoms with Crippen LogP contribution in [0.1, 0.15) is 43.0 Å². The zero-order valence-corrected chi connectivity index (χ0v) is 10.2. The number of aryl methyl sites for hydroxylation is 2. The van der Waals surface area contributed by atoms with E-state index in [9.17, 15) is 0 Å². The summed E-state index contributed by atoms with van der Waals surface area (Å²) in [6.45, 7) is 8.94. The van der Waals surface area contributed by atoms with Crippen LogP contribution in [-0.2, 0) is 0 Å². The fourth-order valence-electron chi connectivity index (χ4n) is 2.19. The summed E-state index contributed by atoms with van der Waals surface area (Å²) in [5, 5.41) is 3.69. The Morgan fingerprint density at radius 2 is 2.00 bits per heavy atom. The van der Waals surface area contributed by atoms with Crippen LogP contribution in [0.15, 0.2) is 18.2 Å². The minimum absolute atomic E-state index is 0.486. The molecule has 2 rings (SSSR count). The molecule has 0 saturated heterocycles. The van der Waals surface area contributed by atoms with Crippen molar-refractivity contribution >= 4 is 0 Å². The van der Waals surface area contributed by atoms with Gasteiger partial charge in [-0.05, 0) is 44.2 Å². The van der Waals surface area contributed by atoms with Crippen molar-refractivity contribution in [3.8, 4) is 0 Å². The molecule has 1 aliphatic carbocycles. The highest BCUT2D eigenvalue weighted by Gasteiger charge is 2.33. The van der Waals surface area contributed by atoms with Gasteiger partial charge in [0, 0.05) is 12.1 Å². The van der Waals surface area contributed by atoms with Crippen LogP contribution in [-0.4, -0.2) is 6.04 Å². The Morgan fingerprint density at radius 3 is 2.60 bits per heavy atom. The molecule has 1 fully saturated rings. The van der Waals surface area contributed by atoms with Crippen LogP contribution in [0.4, 0.5) is 0 Å². The van der Waals surface area contributed by atoms with Gasteiger partial charge in [0.2, 0.25) is 0 Å². The summed E-state index contributed by atoms with van der Waals surface area (Å²) in [6, 6.07) is 7.95. The second-order valence-corrected chi connectivity index (χ2v) is 5.07. The molecule has 3 atom stereocenters. The van der Waals surface area contributed by atoms with E-state index in [4.69, 9.17) is 0 Å². The predicted molar refractivity (Wildman–Crippen MR) is 65.0 cm³/mol. The van der Waals surface area contributed by atoms with Crippen molar-refractivity contribution in [3.05, 3.63) is 34.9 Å². The lowest BCUT2D eigenvalue weighted by atomic mass is 10.00. The third-order valence-electron chi connectivity index (χ3n) is 3.47. The first-order valence-corrected chi connectivity index (χ1v) is 5.91. The van der Waals surface area contributed by atoms with Gasteiger partial charge in [-0.2, -0.15) is 0 Å². The molecule has 82 valence electrons. The Bertz CT molecular complexity index is 356. The summed E-state index contributed by atoms with van der Waals surface area (Å²) >= 11 is 0. The summed E-state index contributed by atoms with van der Waals surface area (Å²) in [5.74, 6) is 0.873. The summed E-state index contributed by atoms with van der Waals surface area (Å²) in [6.07, 6.45) is 1.34. The zero-order chi connectivity index (χ0) is 11.0. The minimum Gasteiger partial charge on any atom is -0.307 e. The van der Waals surface area contributed by atoms with Crippen molar-refractivity contribution in [2.75, 3.05) is 0 Å². The zero-order valence-electron chi connectivity index (χ0n) is 10.2. The third-order valence-corrected chi connectivity index (χ3v) is 3.47. The molecule has 0 radical (unpaired) electrons. The van der Waals surface area contributed by atoms with Crippen molar-refractivity contribution in [3.63, 3.8) is 0 Å². The molecular weight excluding hydrogens is 182 g/mol. The largest absolute Gasteiger partial charge is 0.307 e. The van der Waals surface area contributed by atoms with Crippen LogP contribution < -0.4 is 5.32 Å². The highest BCUT2D eigenvalue weighted by atomic mass is 15.0. The van der Waals surface area contributed by atoms with Crippen LogP contribution in [0, 0.1) is 19.8 Å². The molecule has 15 heavy (non-hydrogen) atoms. The maximum absolute atomic E-state index is 3.69. The highest BCUT2D eigenvalue weighted by Crippen LogP contribution is 2.32. The highest BCUT2D eigenvalue weighted by molar-refractivity contribution is 5.32. The first kappa shape index (κ1) is 10.7. The Hall–Kier alpha value is -0.820. The molecule has 1 saturated carbocycles. The van der Waals surface area contributed by atoms with Gasteiger partial charge in [-0.15, -0.1) is 0 Å². The number of hydrogen-bond donors (Lipinski definition) is 1. The molecule has 1 aromatic rings. The molecule has 0 bridgehead atoms. The van der Waals surface area contributed by atoms with Crippen molar-refractivity contribution in [2.45, 2.75) is 46.2 Å². The third kappa shape index (κ3) is 2.40. The van der Waals surface area contributed by atoms with E-state index < -0.39 is 0 Å². The number of rotatable bonds is 3. The van der Waals surface area contributed by atoms with Gasteiger partial charge in [0.1, 0.15) is 0 Å². The van der Waals surface area contributed by atoms with E-state index >= 15 is 0 Å². The van der Waals surface area contributed by atoms with E-state index in [-0.39, 0.29) is 0 Å². The van der Waals surface area contributed by atoms with Gasteiger partial charge >= 0.3 is 0 Å². The molecule has 1 aliphatic rings. The summed E-state index contributed by atoms with van der Waals surface area (Å²) < 4.78 is 0. The molecular formula is C14H21N. The van der Waals surface area contributed by atoms with Crippen LogP contribution >= 0.6 is 0 Å². The fourth-order valence-corrected chi connectivity index (χ4v) is 2.19. The van der Waals surface area contributed by atoms with E-state index in [2.05, 4.69) is 51.2 Å². The van der Waals surface area contributed by atoms with E-state index in [1.807, 2.05) is 0 Å². The maximum Gasteiger partial charge on any atom is 0.0297 e. The smallest absolute Gasteiger partial charge is 0.0297 e. The first-order chi connectivity index (χ1) is 7.08. The van der Waals surface area contributed by atoms with Gasteiger partial charge in [0.05, 0.1) is 0 Å². The van der Waals surface area contributed by atoms with E-state index in [0.29, 0.717) is 6.04 Å². The predicted octanol–water partition coefficient (Wildman–Crippen LogP) is 3.36. The molecule has 1 nitrogen and oxygen atoms in total. The normalized spacial score (nSPS) is 26.4. The van der Waals surface area contributed by atoms with Crippen molar-refractivity contribution in [1.82, 2.24) is 5.32 Å². The number of hydrogen-bond acceptors (Lipinski definition) is 1. The topological polar surface area (TPSA) is 12.0 Å². The Balaban J connectivity index is 2.10.